The normalized spacial score (nSPS) is 10.8. The summed E-state index contributed by atoms with van der Waals surface area (Å²) >= 11 is 0. The van der Waals surface area contributed by atoms with Crippen molar-refractivity contribution in [2.45, 2.75) is 19.6 Å². The van der Waals surface area contributed by atoms with Gasteiger partial charge in [-0.15, -0.1) is 0 Å². The van der Waals surface area contributed by atoms with Gasteiger partial charge in [0.15, 0.2) is 0 Å². The van der Waals surface area contributed by atoms with E-state index in [-0.39, 0.29) is 25.0 Å². The van der Waals surface area contributed by atoms with Crippen molar-refractivity contribution in [1.29, 1.82) is 0 Å². The molecule has 0 spiro atoms. The lowest BCUT2D eigenvalue weighted by molar-refractivity contribution is -0.144. The summed E-state index contributed by atoms with van der Waals surface area (Å²) in [6.45, 7) is 2.53. The van der Waals surface area contributed by atoms with Crippen LogP contribution in [0.3, 0.4) is 0 Å². The summed E-state index contributed by atoms with van der Waals surface area (Å²) in [5.41, 5.74) is 2.01. The zero-order valence-corrected chi connectivity index (χ0v) is 19.4. The highest BCUT2D eigenvalue weighted by molar-refractivity contribution is 5.85. The highest BCUT2D eigenvalue weighted by Crippen LogP contribution is 2.08. The Bertz CT molecular complexity index is 809. The van der Waals surface area contributed by atoms with E-state index < -0.39 is 0 Å². The molecule has 1 aromatic heterocycles. The molecule has 32 heavy (non-hydrogen) atoms. The molecule has 1 heterocycles. The fourth-order valence-electron chi connectivity index (χ4n) is 3.23. The van der Waals surface area contributed by atoms with Crippen LogP contribution in [-0.4, -0.2) is 79.9 Å². The minimum Gasteiger partial charge on any atom is -0.385 e. The van der Waals surface area contributed by atoms with E-state index in [0.29, 0.717) is 45.9 Å². The number of aryl methyl sites for hydroxylation is 1. The molecule has 0 aliphatic carbocycles. The first kappa shape index (κ1) is 25.6. The summed E-state index contributed by atoms with van der Waals surface area (Å²) in [7, 11) is 5.17. The third-order valence-corrected chi connectivity index (χ3v) is 5.11. The minimum absolute atomic E-state index is 0.00855. The van der Waals surface area contributed by atoms with Gasteiger partial charge in [-0.1, -0.05) is 30.3 Å². The predicted molar refractivity (Wildman–Crippen MR) is 122 cm³/mol. The molecule has 0 saturated carbocycles. The molecule has 0 aliphatic heterocycles. The zero-order valence-electron chi connectivity index (χ0n) is 19.4. The standard InChI is InChI=1S/C24H35N3O5/c1-25-12-7-11-22(25)17-27(14-16-31-3)23(28)18-26(13-8-15-30-2)24(29)20-32-19-21-9-5-4-6-10-21/h4-7,9-12H,8,13-20H2,1-3H3. The van der Waals surface area contributed by atoms with E-state index in [4.69, 9.17) is 14.2 Å². The lowest BCUT2D eigenvalue weighted by atomic mass is 10.2. The van der Waals surface area contributed by atoms with Crippen LogP contribution in [0.5, 0.6) is 0 Å². The molecule has 0 fully saturated rings. The van der Waals surface area contributed by atoms with Crippen LogP contribution in [0.1, 0.15) is 17.7 Å². The van der Waals surface area contributed by atoms with E-state index in [1.165, 1.54) is 0 Å². The molecule has 2 amide bonds. The molecule has 0 unspecified atom stereocenters. The molecule has 0 atom stereocenters. The Morgan fingerprint density at radius 3 is 2.31 bits per heavy atom. The maximum absolute atomic E-state index is 13.1. The van der Waals surface area contributed by atoms with E-state index in [1.807, 2.05) is 60.3 Å². The Balaban J connectivity index is 1.98. The summed E-state index contributed by atoms with van der Waals surface area (Å²) in [4.78, 5) is 29.2. The SMILES string of the molecule is COCCCN(CC(=O)N(CCOC)Cc1cccn1C)C(=O)COCc1ccccc1. The van der Waals surface area contributed by atoms with Gasteiger partial charge in [-0.25, -0.2) is 0 Å². The number of amides is 2. The Morgan fingerprint density at radius 2 is 1.66 bits per heavy atom. The second-order valence-electron chi connectivity index (χ2n) is 7.56. The van der Waals surface area contributed by atoms with Crippen LogP contribution in [0.25, 0.3) is 0 Å². The van der Waals surface area contributed by atoms with Gasteiger partial charge in [0.25, 0.3) is 0 Å². The zero-order chi connectivity index (χ0) is 23.2. The summed E-state index contributed by atoms with van der Waals surface area (Å²) in [6, 6.07) is 13.6. The summed E-state index contributed by atoms with van der Waals surface area (Å²) in [6.07, 6.45) is 2.59. The van der Waals surface area contributed by atoms with Crippen molar-refractivity contribution in [1.82, 2.24) is 14.4 Å². The van der Waals surface area contributed by atoms with Crippen molar-refractivity contribution in [3.63, 3.8) is 0 Å². The van der Waals surface area contributed by atoms with E-state index in [2.05, 4.69) is 0 Å². The molecule has 2 aromatic rings. The number of benzene rings is 1. The topological polar surface area (TPSA) is 73.2 Å². The maximum Gasteiger partial charge on any atom is 0.249 e. The predicted octanol–water partition coefficient (Wildman–Crippen LogP) is 2.08. The smallest absolute Gasteiger partial charge is 0.249 e. The number of carbonyl (C=O) groups is 2. The van der Waals surface area contributed by atoms with Crippen LogP contribution in [0.2, 0.25) is 0 Å². The second-order valence-corrected chi connectivity index (χ2v) is 7.56. The van der Waals surface area contributed by atoms with Gasteiger partial charge in [0.1, 0.15) is 6.61 Å². The van der Waals surface area contributed by atoms with Crippen molar-refractivity contribution in [2.24, 2.45) is 7.05 Å². The third-order valence-electron chi connectivity index (χ3n) is 5.11. The quantitative estimate of drug-likeness (QED) is 0.393. The van der Waals surface area contributed by atoms with Crippen LogP contribution in [0.4, 0.5) is 0 Å². The largest absolute Gasteiger partial charge is 0.385 e. The lowest BCUT2D eigenvalue weighted by Gasteiger charge is -2.28. The highest BCUT2D eigenvalue weighted by atomic mass is 16.5. The number of nitrogens with zero attached hydrogens (tertiary/aromatic N) is 3. The number of hydrogen-bond donors (Lipinski definition) is 0. The Kier molecular flexibility index (Phi) is 11.5. The fraction of sp³-hybridized carbons (Fsp3) is 0.500. The van der Waals surface area contributed by atoms with Gasteiger partial charge in [0.05, 0.1) is 26.3 Å². The number of carbonyl (C=O) groups excluding carboxylic acids is 2. The average molecular weight is 446 g/mol. The van der Waals surface area contributed by atoms with Gasteiger partial charge in [0, 0.05) is 52.9 Å². The van der Waals surface area contributed by atoms with Crippen molar-refractivity contribution in [3.8, 4) is 0 Å². The maximum atomic E-state index is 13.1. The van der Waals surface area contributed by atoms with Crippen LogP contribution in [0.15, 0.2) is 48.7 Å². The Labute approximate surface area is 190 Å². The van der Waals surface area contributed by atoms with Gasteiger partial charge in [0.2, 0.25) is 11.8 Å². The summed E-state index contributed by atoms with van der Waals surface area (Å²) < 4.78 is 17.9. The van der Waals surface area contributed by atoms with Gasteiger partial charge in [-0.2, -0.15) is 0 Å². The van der Waals surface area contributed by atoms with Gasteiger partial charge >= 0.3 is 0 Å². The first-order chi connectivity index (χ1) is 15.5. The number of methoxy groups -OCH3 is 2. The molecule has 0 radical (unpaired) electrons. The molecule has 8 heteroatoms. The van der Waals surface area contributed by atoms with E-state index in [1.54, 1.807) is 24.0 Å². The summed E-state index contributed by atoms with van der Waals surface area (Å²) in [5, 5.41) is 0. The van der Waals surface area contributed by atoms with Crippen molar-refractivity contribution >= 4 is 11.8 Å². The molecular weight excluding hydrogens is 410 g/mol. The lowest BCUT2D eigenvalue weighted by Crippen LogP contribution is -2.45. The van der Waals surface area contributed by atoms with Crippen LogP contribution >= 0.6 is 0 Å². The molecule has 0 saturated heterocycles. The first-order valence-corrected chi connectivity index (χ1v) is 10.8. The molecule has 1 aromatic carbocycles. The minimum atomic E-state index is -0.212. The van der Waals surface area contributed by atoms with Crippen molar-refractivity contribution in [2.75, 3.05) is 53.7 Å². The number of ether oxygens (including phenoxy) is 3. The molecule has 176 valence electrons. The van der Waals surface area contributed by atoms with E-state index in [9.17, 15) is 9.59 Å². The van der Waals surface area contributed by atoms with Gasteiger partial charge in [-0.05, 0) is 24.1 Å². The number of aromatic nitrogens is 1. The van der Waals surface area contributed by atoms with Crippen LogP contribution < -0.4 is 0 Å². The highest BCUT2D eigenvalue weighted by Gasteiger charge is 2.22. The first-order valence-electron chi connectivity index (χ1n) is 10.8. The van der Waals surface area contributed by atoms with Crippen LogP contribution in [0, 0.1) is 0 Å². The molecule has 8 nitrogen and oxygen atoms in total. The summed E-state index contributed by atoms with van der Waals surface area (Å²) in [5.74, 6) is -0.340. The van der Waals surface area contributed by atoms with Gasteiger partial charge in [-0.3, -0.25) is 9.59 Å². The van der Waals surface area contributed by atoms with E-state index in [0.717, 1.165) is 11.3 Å². The Hall–Kier alpha value is -2.68. The van der Waals surface area contributed by atoms with Gasteiger partial charge < -0.3 is 28.6 Å². The third kappa shape index (κ3) is 8.82. The molecular formula is C24H35N3O5. The molecule has 0 aliphatic rings. The van der Waals surface area contributed by atoms with E-state index >= 15 is 0 Å². The monoisotopic (exact) mass is 445 g/mol. The van der Waals surface area contributed by atoms with Crippen molar-refractivity contribution in [3.05, 3.63) is 59.9 Å². The number of rotatable bonds is 15. The second kappa shape index (κ2) is 14.4. The molecule has 0 bridgehead atoms. The molecule has 2 rings (SSSR count). The number of hydrogen-bond acceptors (Lipinski definition) is 5. The van der Waals surface area contributed by atoms with Crippen LogP contribution in [-0.2, 0) is 44.0 Å². The fourth-order valence-corrected chi connectivity index (χ4v) is 3.23. The molecule has 0 N–H and O–H groups in total. The average Bonchev–Trinajstić information content (AvgIpc) is 3.20. The Morgan fingerprint density at radius 1 is 0.906 bits per heavy atom. The van der Waals surface area contributed by atoms with Crippen molar-refractivity contribution < 1.29 is 23.8 Å².